The molecule has 0 heterocycles. The summed E-state index contributed by atoms with van der Waals surface area (Å²) in [5, 5.41) is 9.19. The molecule has 3 N–H and O–H groups in total. The Balaban J connectivity index is 0. The van der Waals surface area contributed by atoms with Crippen LogP contribution in [0.15, 0.2) is 4.99 Å². The number of halogens is 1. The van der Waals surface area contributed by atoms with E-state index in [0.717, 1.165) is 45.6 Å². The molecule has 0 saturated heterocycles. The molecule has 0 aliphatic carbocycles. The van der Waals surface area contributed by atoms with Crippen LogP contribution < -0.4 is 16.0 Å². The number of aliphatic imine (C=N–C) groups is 1. The highest BCUT2D eigenvalue weighted by atomic mass is 127. The van der Waals surface area contributed by atoms with Gasteiger partial charge in [0.25, 0.3) is 0 Å². The van der Waals surface area contributed by atoms with Crippen LogP contribution in [0.25, 0.3) is 0 Å². The van der Waals surface area contributed by atoms with Crippen LogP contribution in [-0.2, 0) is 9.53 Å². The lowest BCUT2D eigenvalue weighted by atomic mass is 10.4. The van der Waals surface area contributed by atoms with E-state index < -0.39 is 0 Å². The van der Waals surface area contributed by atoms with Crippen molar-refractivity contribution < 1.29 is 9.53 Å². The minimum atomic E-state index is -0.0456. The van der Waals surface area contributed by atoms with Crippen LogP contribution in [0.2, 0.25) is 0 Å². The van der Waals surface area contributed by atoms with Crippen molar-refractivity contribution in [2.24, 2.45) is 4.99 Å². The van der Waals surface area contributed by atoms with Crippen LogP contribution in [0, 0.1) is 0 Å². The van der Waals surface area contributed by atoms with Crippen molar-refractivity contribution in [2.75, 3.05) is 60.0 Å². The molecule has 7 nitrogen and oxygen atoms in total. The lowest BCUT2D eigenvalue weighted by molar-refractivity contribution is -0.119. The number of nitrogens with one attached hydrogen (secondary N) is 3. The first-order valence-corrected chi connectivity index (χ1v) is 8.10. The van der Waals surface area contributed by atoms with Gasteiger partial charge in [0.1, 0.15) is 6.54 Å². The Kier molecular flexibility index (Phi) is 19.0. The number of rotatable bonds is 12. The Morgan fingerprint density at radius 1 is 1.13 bits per heavy atom. The highest BCUT2D eigenvalue weighted by Crippen LogP contribution is 1.87. The highest BCUT2D eigenvalue weighted by Gasteiger charge is 2.02. The first-order chi connectivity index (χ1) is 10.6. The number of nitrogens with zero attached hydrogens (tertiary/aromatic N) is 2. The van der Waals surface area contributed by atoms with Gasteiger partial charge in [-0.3, -0.25) is 4.79 Å². The Morgan fingerprint density at radius 3 is 2.48 bits per heavy atom. The second-order valence-corrected chi connectivity index (χ2v) is 5.12. The Hall–Kier alpha value is -0.610. The van der Waals surface area contributed by atoms with Crippen molar-refractivity contribution in [3.8, 4) is 0 Å². The van der Waals surface area contributed by atoms with Gasteiger partial charge in [-0.15, -0.1) is 24.0 Å². The molecule has 0 radical (unpaired) electrons. The van der Waals surface area contributed by atoms with Crippen molar-refractivity contribution in [3.63, 3.8) is 0 Å². The van der Waals surface area contributed by atoms with Gasteiger partial charge in [0.2, 0.25) is 5.91 Å². The third kappa shape index (κ3) is 16.0. The van der Waals surface area contributed by atoms with Crippen molar-refractivity contribution in [1.82, 2.24) is 20.9 Å². The largest absolute Gasteiger partial charge is 0.385 e. The molecular formula is C15H34IN5O2. The quantitative estimate of drug-likeness (QED) is 0.179. The number of guanidine groups is 1. The van der Waals surface area contributed by atoms with Crippen molar-refractivity contribution >= 4 is 35.8 Å². The van der Waals surface area contributed by atoms with Gasteiger partial charge in [-0.1, -0.05) is 6.92 Å². The van der Waals surface area contributed by atoms with Gasteiger partial charge in [0.15, 0.2) is 5.96 Å². The minimum Gasteiger partial charge on any atom is -0.385 e. The predicted octanol–water partition coefficient (Wildman–Crippen LogP) is 0.654. The number of likely N-dealkylation sites (N-methyl/N-ethyl adjacent to an activating group) is 1. The summed E-state index contributed by atoms with van der Waals surface area (Å²) in [4.78, 5) is 18.1. The zero-order valence-electron chi connectivity index (χ0n) is 15.0. The number of amides is 1. The Labute approximate surface area is 158 Å². The van der Waals surface area contributed by atoms with E-state index in [0.29, 0.717) is 12.5 Å². The van der Waals surface area contributed by atoms with Crippen LogP contribution in [0.5, 0.6) is 0 Å². The second kappa shape index (κ2) is 17.7. The molecule has 8 heteroatoms. The van der Waals surface area contributed by atoms with Crippen molar-refractivity contribution in [3.05, 3.63) is 0 Å². The maximum absolute atomic E-state index is 11.5. The Morgan fingerprint density at radius 2 is 1.87 bits per heavy atom. The molecule has 0 spiro atoms. The van der Waals surface area contributed by atoms with Crippen LogP contribution >= 0.6 is 24.0 Å². The van der Waals surface area contributed by atoms with E-state index in [2.05, 4.69) is 32.9 Å². The van der Waals surface area contributed by atoms with E-state index >= 15 is 0 Å². The summed E-state index contributed by atoms with van der Waals surface area (Å²) in [6, 6.07) is 0. The van der Waals surface area contributed by atoms with E-state index in [4.69, 9.17) is 4.74 Å². The molecule has 0 aromatic heterocycles. The molecule has 0 aromatic carbocycles. The molecule has 0 fully saturated rings. The standard InChI is InChI=1S/C15H33N5O2.HI/c1-5-8-17-14(21)13-19-15(16-6-2)18-9-11-20(3)10-7-12-22-4;/h5-13H2,1-4H3,(H,17,21)(H2,16,18,19);1H. The smallest absolute Gasteiger partial charge is 0.241 e. The summed E-state index contributed by atoms with van der Waals surface area (Å²) < 4.78 is 5.04. The first-order valence-electron chi connectivity index (χ1n) is 8.10. The molecule has 0 atom stereocenters. The average Bonchev–Trinajstić information content (AvgIpc) is 2.50. The fourth-order valence-electron chi connectivity index (χ4n) is 1.77. The van der Waals surface area contributed by atoms with Gasteiger partial charge < -0.3 is 25.6 Å². The molecule has 0 rings (SSSR count). The van der Waals surface area contributed by atoms with Gasteiger partial charge in [-0.25, -0.2) is 4.99 Å². The molecule has 0 aliphatic rings. The molecule has 0 unspecified atom stereocenters. The molecular weight excluding hydrogens is 409 g/mol. The summed E-state index contributed by atoms with van der Waals surface area (Å²) in [6.45, 7) is 9.14. The molecule has 1 amide bonds. The van der Waals surface area contributed by atoms with Gasteiger partial charge in [-0.05, 0) is 26.8 Å². The number of carbonyl (C=O) groups excluding carboxylic acids is 1. The van der Waals surface area contributed by atoms with Gasteiger partial charge >= 0.3 is 0 Å². The van der Waals surface area contributed by atoms with Gasteiger partial charge in [-0.2, -0.15) is 0 Å². The molecule has 0 aliphatic heterocycles. The van der Waals surface area contributed by atoms with Crippen LogP contribution in [0.3, 0.4) is 0 Å². The summed E-state index contributed by atoms with van der Waals surface area (Å²) >= 11 is 0. The lowest BCUT2D eigenvalue weighted by Gasteiger charge is -2.18. The minimum absolute atomic E-state index is 0. The highest BCUT2D eigenvalue weighted by molar-refractivity contribution is 14.0. The summed E-state index contributed by atoms with van der Waals surface area (Å²) in [6.07, 6.45) is 1.96. The molecule has 0 saturated carbocycles. The zero-order valence-corrected chi connectivity index (χ0v) is 17.3. The second-order valence-electron chi connectivity index (χ2n) is 5.12. The van der Waals surface area contributed by atoms with E-state index in [-0.39, 0.29) is 36.4 Å². The van der Waals surface area contributed by atoms with Crippen LogP contribution in [0.1, 0.15) is 26.7 Å². The SMILES string of the molecule is CCCNC(=O)CN=C(NCC)NCCN(C)CCCOC.I. The van der Waals surface area contributed by atoms with E-state index in [1.807, 2.05) is 13.8 Å². The third-order valence-electron chi connectivity index (χ3n) is 2.97. The maximum Gasteiger partial charge on any atom is 0.241 e. The number of carbonyl (C=O) groups is 1. The summed E-state index contributed by atoms with van der Waals surface area (Å²) in [5.74, 6) is 0.634. The number of methoxy groups -OCH3 is 1. The molecule has 23 heavy (non-hydrogen) atoms. The summed E-state index contributed by atoms with van der Waals surface area (Å²) in [7, 11) is 3.80. The van der Waals surface area contributed by atoms with Gasteiger partial charge in [0.05, 0.1) is 0 Å². The zero-order chi connectivity index (χ0) is 16.6. The normalized spacial score (nSPS) is 11.1. The number of hydrogen-bond donors (Lipinski definition) is 3. The van der Waals surface area contributed by atoms with E-state index in [1.165, 1.54) is 0 Å². The van der Waals surface area contributed by atoms with Crippen LogP contribution in [0.4, 0.5) is 0 Å². The van der Waals surface area contributed by atoms with Crippen molar-refractivity contribution in [1.29, 1.82) is 0 Å². The topological polar surface area (TPSA) is 78.0 Å². The van der Waals surface area contributed by atoms with Crippen LogP contribution in [-0.4, -0.2) is 76.8 Å². The lowest BCUT2D eigenvalue weighted by Crippen LogP contribution is -2.41. The Bertz CT molecular complexity index is 316. The molecule has 0 aromatic rings. The monoisotopic (exact) mass is 443 g/mol. The molecule has 138 valence electrons. The fraction of sp³-hybridized carbons (Fsp3) is 0.867. The maximum atomic E-state index is 11.5. The third-order valence-corrected chi connectivity index (χ3v) is 2.97. The van der Waals surface area contributed by atoms with E-state index in [1.54, 1.807) is 7.11 Å². The first kappa shape index (κ1) is 24.6. The number of hydrogen-bond acceptors (Lipinski definition) is 4. The van der Waals surface area contributed by atoms with Crippen molar-refractivity contribution in [2.45, 2.75) is 26.7 Å². The summed E-state index contributed by atoms with van der Waals surface area (Å²) in [5.41, 5.74) is 0. The predicted molar refractivity (Wildman–Crippen MR) is 107 cm³/mol. The van der Waals surface area contributed by atoms with Gasteiger partial charge in [0, 0.05) is 46.4 Å². The average molecular weight is 443 g/mol. The molecule has 0 bridgehead atoms. The number of ether oxygens (including phenoxy) is 1. The fourth-order valence-corrected chi connectivity index (χ4v) is 1.77. The van der Waals surface area contributed by atoms with E-state index in [9.17, 15) is 4.79 Å².